The van der Waals surface area contributed by atoms with Crippen LogP contribution in [0.4, 0.5) is 5.95 Å². The molecule has 1 atom stereocenters. The standard InChI is InChI=1S/C20H26N4O/c1-15-5-7-17(8-6-15)10-12-21-19(25)18-4-3-13-24(14-18)20-22-11-9-16(2)23-20/h5-9,11,18H,3-4,10,12-14H2,1-2H3,(H,21,25)/t18-/m0/s1. The first kappa shape index (κ1) is 17.4. The van der Waals surface area contributed by atoms with E-state index in [0.29, 0.717) is 13.1 Å². The van der Waals surface area contributed by atoms with Gasteiger partial charge in [-0.3, -0.25) is 4.79 Å². The molecule has 1 amide bonds. The normalized spacial score (nSPS) is 17.4. The van der Waals surface area contributed by atoms with Crippen molar-refractivity contribution in [2.75, 3.05) is 24.5 Å². The summed E-state index contributed by atoms with van der Waals surface area (Å²) in [6.07, 6.45) is 4.57. The summed E-state index contributed by atoms with van der Waals surface area (Å²) in [4.78, 5) is 23.5. The van der Waals surface area contributed by atoms with Gasteiger partial charge in [0.2, 0.25) is 11.9 Å². The fourth-order valence-corrected chi connectivity index (χ4v) is 3.19. The number of anilines is 1. The van der Waals surface area contributed by atoms with Crippen molar-refractivity contribution in [2.45, 2.75) is 33.1 Å². The van der Waals surface area contributed by atoms with Crippen LogP contribution >= 0.6 is 0 Å². The maximum absolute atomic E-state index is 12.5. The Morgan fingerprint density at radius 1 is 1.24 bits per heavy atom. The third-order valence-corrected chi connectivity index (χ3v) is 4.69. The number of aryl methyl sites for hydroxylation is 2. The van der Waals surface area contributed by atoms with Crippen LogP contribution in [0.15, 0.2) is 36.5 Å². The van der Waals surface area contributed by atoms with Crippen LogP contribution in [-0.4, -0.2) is 35.5 Å². The van der Waals surface area contributed by atoms with Crippen LogP contribution in [-0.2, 0) is 11.2 Å². The molecule has 0 spiro atoms. The van der Waals surface area contributed by atoms with E-state index >= 15 is 0 Å². The zero-order chi connectivity index (χ0) is 17.6. The van der Waals surface area contributed by atoms with E-state index in [1.807, 2.05) is 13.0 Å². The van der Waals surface area contributed by atoms with Gasteiger partial charge in [-0.2, -0.15) is 0 Å². The molecule has 1 fully saturated rings. The van der Waals surface area contributed by atoms with Crippen molar-refractivity contribution in [1.29, 1.82) is 0 Å². The minimum absolute atomic E-state index is 0.0101. The molecule has 3 rings (SSSR count). The molecule has 0 radical (unpaired) electrons. The largest absolute Gasteiger partial charge is 0.355 e. The number of rotatable bonds is 5. The molecule has 1 N–H and O–H groups in total. The lowest BCUT2D eigenvalue weighted by Gasteiger charge is -2.32. The van der Waals surface area contributed by atoms with Gasteiger partial charge in [0.1, 0.15) is 0 Å². The van der Waals surface area contributed by atoms with E-state index in [0.717, 1.165) is 37.4 Å². The predicted octanol–water partition coefficient (Wildman–Crippen LogP) is 2.67. The number of aromatic nitrogens is 2. The van der Waals surface area contributed by atoms with Crippen LogP contribution in [0, 0.1) is 19.8 Å². The van der Waals surface area contributed by atoms with E-state index in [1.165, 1.54) is 11.1 Å². The number of benzene rings is 1. The highest BCUT2D eigenvalue weighted by Gasteiger charge is 2.26. The number of nitrogens with one attached hydrogen (secondary N) is 1. The molecular formula is C20H26N4O. The van der Waals surface area contributed by atoms with Crippen molar-refractivity contribution < 1.29 is 4.79 Å². The molecule has 25 heavy (non-hydrogen) atoms. The van der Waals surface area contributed by atoms with Crippen molar-refractivity contribution in [3.63, 3.8) is 0 Å². The molecule has 0 saturated carbocycles. The van der Waals surface area contributed by atoms with Gasteiger partial charge in [0.25, 0.3) is 0 Å². The lowest BCUT2D eigenvalue weighted by atomic mass is 9.97. The molecule has 1 aromatic heterocycles. The summed E-state index contributed by atoms with van der Waals surface area (Å²) in [6.45, 7) is 6.33. The highest BCUT2D eigenvalue weighted by Crippen LogP contribution is 2.20. The fraction of sp³-hybridized carbons (Fsp3) is 0.450. The smallest absolute Gasteiger partial charge is 0.225 e. The Labute approximate surface area is 149 Å². The molecule has 1 aliphatic rings. The Hall–Kier alpha value is -2.43. The average molecular weight is 338 g/mol. The lowest BCUT2D eigenvalue weighted by Crippen LogP contribution is -2.44. The first-order valence-corrected chi connectivity index (χ1v) is 8.99. The van der Waals surface area contributed by atoms with Crippen LogP contribution in [0.3, 0.4) is 0 Å². The van der Waals surface area contributed by atoms with Gasteiger partial charge in [-0.05, 0) is 44.7 Å². The molecule has 1 saturated heterocycles. The van der Waals surface area contributed by atoms with E-state index < -0.39 is 0 Å². The number of piperidine rings is 1. The fourth-order valence-electron chi connectivity index (χ4n) is 3.19. The second kappa shape index (κ2) is 8.10. The molecular weight excluding hydrogens is 312 g/mol. The van der Waals surface area contributed by atoms with Gasteiger partial charge < -0.3 is 10.2 Å². The summed E-state index contributed by atoms with van der Waals surface area (Å²) >= 11 is 0. The van der Waals surface area contributed by atoms with Gasteiger partial charge in [0.15, 0.2) is 0 Å². The van der Waals surface area contributed by atoms with Crippen LogP contribution in [0.5, 0.6) is 0 Å². The third-order valence-electron chi connectivity index (χ3n) is 4.69. The van der Waals surface area contributed by atoms with Crippen molar-refractivity contribution >= 4 is 11.9 Å². The van der Waals surface area contributed by atoms with E-state index in [9.17, 15) is 4.79 Å². The van der Waals surface area contributed by atoms with Crippen molar-refractivity contribution in [3.8, 4) is 0 Å². The Balaban J connectivity index is 1.50. The Bertz CT molecular complexity index is 714. The quantitative estimate of drug-likeness (QED) is 0.911. The number of carbonyl (C=O) groups is 1. The number of hydrogen-bond donors (Lipinski definition) is 1. The molecule has 132 valence electrons. The summed E-state index contributed by atoms with van der Waals surface area (Å²) in [6, 6.07) is 10.4. The summed E-state index contributed by atoms with van der Waals surface area (Å²) in [7, 11) is 0. The first-order chi connectivity index (χ1) is 12.1. The number of nitrogens with zero attached hydrogens (tertiary/aromatic N) is 3. The predicted molar refractivity (Wildman–Crippen MR) is 99.6 cm³/mol. The maximum atomic E-state index is 12.5. The average Bonchev–Trinajstić information content (AvgIpc) is 2.63. The topological polar surface area (TPSA) is 58.1 Å². The Morgan fingerprint density at radius 3 is 2.80 bits per heavy atom. The van der Waals surface area contributed by atoms with Crippen molar-refractivity contribution in [3.05, 3.63) is 53.3 Å². The zero-order valence-electron chi connectivity index (χ0n) is 15.0. The second-order valence-corrected chi connectivity index (χ2v) is 6.81. The van der Waals surface area contributed by atoms with Gasteiger partial charge in [-0.15, -0.1) is 0 Å². The lowest BCUT2D eigenvalue weighted by molar-refractivity contribution is -0.125. The third kappa shape index (κ3) is 4.78. The highest BCUT2D eigenvalue weighted by atomic mass is 16.1. The van der Waals surface area contributed by atoms with E-state index in [2.05, 4.69) is 51.4 Å². The summed E-state index contributed by atoms with van der Waals surface area (Å²) in [5, 5.41) is 3.09. The zero-order valence-corrected chi connectivity index (χ0v) is 15.0. The van der Waals surface area contributed by atoms with Crippen LogP contribution in [0.25, 0.3) is 0 Å². The van der Waals surface area contributed by atoms with Gasteiger partial charge in [-0.25, -0.2) is 9.97 Å². The second-order valence-electron chi connectivity index (χ2n) is 6.81. The molecule has 0 unspecified atom stereocenters. The highest BCUT2D eigenvalue weighted by molar-refractivity contribution is 5.79. The number of amides is 1. The van der Waals surface area contributed by atoms with E-state index in [4.69, 9.17) is 0 Å². The molecule has 5 nitrogen and oxygen atoms in total. The van der Waals surface area contributed by atoms with E-state index in [1.54, 1.807) is 6.20 Å². The van der Waals surface area contributed by atoms with Gasteiger partial charge >= 0.3 is 0 Å². The maximum Gasteiger partial charge on any atom is 0.225 e. The number of carbonyl (C=O) groups excluding carboxylic acids is 1. The summed E-state index contributed by atoms with van der Waals surface area (Å²) in [5.41, 5.74) is 3.47. The van der Waals surface area contributed by atoms with Gasteiger partial charge in [0, 0.05) is 31.5 Å². The molecule has 0 aliphatic carbocycles. The van der Waals surface area contributed by atoms with E-state index in [-0.39, 0.29) is 11.8 Å². The Kier molecular flexibility index (Phi) is 5.64. The molecule has 2 heterocycles. The monoisotopic (exact) mass is 338 g/mol. The first-order valence-electron chi connectivity index (χ1n) is 8.99. The van der Waals surface area contributed by atoms with Gasteiger partial charge in [0.05, 0.1) is 5.92 Å². The molecule has 1 aromatic carbocycles. The molecule has 1 aliphatic heterocycles. The van der Waals surface area contributed by atoms with Gasteiger partial charge in [-0.1, -0.05) is 29.8 Å². The summed E-state index contributed by atoms with van der Waals surface area (Å²) in [5.74, 6) is 0.887. The number of hydrogen-bond acceptors (Lipinski definition) is 4. The molecule has 2 aromatic rings. The van der Waals surface area contributed by atoms with Crippen LogP contribution in [0.2, 0.25) is 0 Å². The Morgan fingerprint density at radius 2 is 2.04 bits per heavy atom. The molecule has 0 bridgehead atoms. The van der Waals surface area contributed by atoms with Crippen molar-refractivity contribution in [2.24, 2.45) is 5.92 Å². The molecule has 5 heteroatoms. The van der Waals surface area contributed by atoms with Crippen molar-refractivity contribution in [1.82, 2.24) is 15.3 Å². The minimum atomic E-state index is 0.0101. The van der Waals surface area contributed by atoms with Crippen LogP contribution < -0.4 is 10.2 Å². The SMILES string of the molecule is Cc1ccc(CCNC(=O)[C@H]2CCCN(c3nccc(C)n3)C2)cc1. The summed E-state index contributed by atoms with van der Waals surface area (Å²) < 4.78 is 0. The van der Waals surface area contributed by atoms with Crippen LogP contribution in [0.1, 0.15) is 29.7 Å². The minimum Gasteiger partial charge on any atom is -0.355 e.